The molecule has 1 heterocycles. The average molecular weight is 258 g/mol. The molecule has 1 amide bonds. The molecule has 98 valence electrons. The third-order valence-electron chi connectivity index (χ3n) is 2.30. The zero-order valence-electron chi connectivity index (χ0n) is 10.2. The first-order valence-corrected chi connectivity index (χ1v) is 5.80. The summed E-state index contributed by atoms with van der Waals surface area (Å²) in [5.74, 6) is 0.896. The molecule has 0 spiro atoms. The van der Waals surface area contributed by atoms with E-state index in [0.717, 1.165) is 0 Å². The highest BCUT2D eigenvalue weighted by Gasteiger charge is 2.03. The fraction of sp³-hybridized carbons (Fsp3) is 0.154. The Labute approximate surface area is 110 Å². The summed E-state index contributed by atoms with van der Waals surface area (Å²) in [5, 5.41) is 10.0. The highest BCUT2D eigenvalue weighted by molar-refractivity contribution is 5.89. The van der Waals surface area contributed by atoms with Crippen LogP contribution in [0.25, 0.3) is 0 Å². The summed E-state index contributed by atoms with van der Waals surface area (Å²) in [6.45, 7) is 0.273. The highest BCUT2D eigenvalue weighted by Crippen LogP contribution is 2.14. The maximum absolute atomic E-state index is 11.6. The van der Waals surface area contributed by atoms with Crippen LogP contribution in [0.1, 0.15) is 6.42 Å². The number of amides is 1. The molecule has 0 bridgehead atoms. The largest absolute Gasteiger partial charge is 0.493 e. The van der Waals surface area contributed by atoms with Crippen molar-refractivity contribution in [1.82, 2.24) is 10.2 Å². The van der Waals surface area contributed by atoms with Gasteiger partial charge in [0.1, 0.15) is 5.75 Å². The van der Waals surface area contributed by atoms with Gasteiger partial charge in [0, 0.05) is 18.0 Å². The van der Waals surface area contributed by atoms with E-state index in [1.807, 2.05) is 0 Å². The van der Waals surface area contributed by atoms with Crippen molar-refractivity contribution in [2.75, 3.05) is 17.7 Å². The summed E-state index contributed by atoms with van der Waals surface area (Å²) in [5.41, 5.74) is 6.24. The quantitative estimate of drug-likeness (QED) is 0.792. The molecule has 1 aromatic heterocycles. The van der Waals surface area contributed by atoms with Crippen molar-refractivity contribution in [3.8, 4) is 5.75 Å². The van der Waals surface area contributed by atoms with Crippen LogP contribution in [0.3, 0.4) is 0 Å². The third-order valence-corrected chi connectivity index (χ3v) is 2.30. The van der Waals surface area contributed by atoms with E-state index >= 15 is 0 Å². The van der Waals surface area contributed by atoms with Gasteiger partial charge in [0.2, 0.25) is 5.91 Å². The van der Waals surface area contributed by atoms with Crippen molar-refractivity contribution in [2.24, 2.45) is 0 Å². The summed E-state index contributed by atoms with van der Waals surface area (Å²) in [6, 6.07) is 10.4. The maximum atomic E-state index is 11.6. The van der Waals surface area contributed by atoms with Crippen LogP contribution in [0.15, 0.2) is 42.6 Å². The van der Waals surface area contributed by atoms with E-state index in [1.165, 1.54) is 0 Å². The molecule has 0 atom stereocenters. The molecule has 0 aliphatic rings. The molecular formula is C13H14N4O2. The lowest BCUT2D eigenvalue weighted by molar-refractivity contribution is -0.116. The van der Waals surface area contributed by atoms with Gasteiger partial charge >= 0.3 is 0 Å². The Morgan fingerprint density at radius 3 is 2.95 bits per heavy atom. The lowest BCUT2D eigenvalue weighted by Gasteiger charge is -2.07. The zero-order chi connectivity index (χ0) is 13.5. The SMILES string of the molecule is Nc1cccc(OCCC(=O)Nc2cccnn2)c1. The number of carbonyl (C=O) groups is 1. The van der Waals surface area contributed by atoms with Crippen LogP contribution < -0.4 is 15.8 Å². The van der Waals surface area contributed by atoms with Crippen molar-refractivity contribution >= 4 is 17.4 Å². The Hall–Kier alpha value is -2.63. The van der Waals surface area contributed by atoms with Crippen molar-refractivity contribution in [3.05, 3.63) is 42.6 Å². The Balaban J connectivity index is 1.75. The second kappa shape index (κ2) is 6.34. The topological polar surface area (TPSA) is 90.1 Å². The number of anilines is 2. The second-order valence-electron chi connectivity index (χ2n) is 3.83. The summed E-state index contributed by atoms with van der Waals surface area (Å²) in [4.78, 5) is 11.6. The molecule has 0 aliphatic carbocycles. The lowest BCUT2D eigenvalue weighted by Crippen LogP contribution is -2.16. The van der Waals surface area contributed by atoms with E-state index in [9.17, 15) is 4.79 Å². The first-order chi connectivity index (χ1) is 9.24. The number of nitrogens with one attached hydrogen (secondary N) is 1. The number of hydrogen-bond donors (Lipinski definition) is 2. The Bertz CT molecular complexity index is 545. The molecule has 0 saturated carbocycles. The molecule has 0 fully saturated rings. The van der Waals surface area contributed by atoms with E-state index < -0.39 is 0 Å². The summed E-state index contributed by atoms with van der Waals surface area (Å²) >= 11 is 0. The van der Waals surface area contributed by atoms with Gasteiger partial charge < -0.3 is 15.8 Å². The smallest absolute Gasteiger partial charge is 0.229 e. The van der Waals surface area contributed by atoms with Crippen LogP contribution in [0.5, 0.6) is 5.75 Å². The van der Waals surface area contributed by atoms with E-state index in [-0.39, 0.29) is 18.9 Å². The predicted octanol–water partition coefficient (Wildman–Crippen LogP) is 1.47. The van der Waals surface area contributed by atoms with Crippen LogP contribution in [0.2, 0.25) is 0 Å². The minimum atomic E-state index is -0.176. The minimum Gasteiger partial charge on any atom is -0.493 e. The number of ether oxygens (including phenoxy) is 1. The molecule has 2 aromatic rings. The van der Waals surface area contributed by atoms with Crippen LogP contribution in [0.4, 0.5) is 11.5 Å². The standard InChI is InChI=1S/C13H14N4O2/c14-10-3-1-4-11(9-10)19-8-6-13(18)16-12-5-2-7-15-17-12/h1-5,7,9H,6,8,14H2,(H,16,17,18). The van der Waals surface area contributed by atoms with E-state index in [1.54, 1.807) is 42.6 Å². The van der Waals surface area contributed by atoms with Crippen LogP contribution in [0, 0.1) is 0 Å². The fourth-order valence-electron chi connectivity index (χ4n) is 1.44. The number of nitrogens with two attached hydrogens (primary N) is 1. The molecule has 2 rings (SSSR count). The third kappa shape index (κ3) is 4.27. The molecule has 0 saturated heterocycles. The number of hydrogen-bond acceptors (Lipinski definition) is 5. The summed E-state index contributed by atoms with van der Waals surface area (Å²) in [7, 11) is 0. The van der Waals surface area contributed by atoms with E-state index in [2.05, 4.69) is 15.5 Å². The molecular weight excluding hydrogens is 244 g/mol. The van der Waals surface area contributed by atoms with E-state index in [0.29, 0.717) is 17.3 Å². The Kier molecular flexibility index (Phi) is 4.28. The van der Waals surface area contributed by atoms with Gasteiger partial charge in [0.05, 0.1) is 13.0 Å². The number of nitrogens with zero attached hydrogens (tertiary/aromatic N) is 2. The van der Waals surface area contributed by atoms with Gasteiger partial charge in [-0.25, -0.2) is 0 Å². The first-order valence-electron chi connectivity index (χ1n) is 5.80. The van der Waals surface area contributed by atoms with Gasteiger partial charge in [0.15, 0.2) is 5.82 Å². The van der Waals surface area contributed by atoms with Crippen molar-refractivity contribution < 1.29 is 9.53 Å². The predicted molar refractivity (Wildman–Crippen MR) is 71.6 cm³/mol. The second-order valence-corrected chi connectivity index (χ2v) is 3.83. The number of nitrogen functional groups attached to an aromatic ring is 1. The minimum absolute atomic E-state index is 0.176. The van der Waals surface area contributed by atoms with Crippen molar-refractivity contribution in [2.45, 2.75) is 6.42 Å². The van der Waals surface area contributed by atoms with Gasteiger partial charge in [-0.05, 0) is 24.3 Å². The van der Waals surface area contributed by atoms with Gasteiger partial charge in [-0.2, -0.15) is 5.10 Å². The maximum Gasteiger partial charge on any atom is 0.229 e. The summed E-state index contributed by atoms with van der Waals surface area (Å²) < 4.78 is 5.42. The van der Waals surface area contributed by atoms with Crippen LogP contribution in [-0.4, -0.2) is 22.7 Å². The van der Waals surface area contributed by atoms with Gasteiger partial charge in [-0.1, -0.05) is 6.07 Å². The van der Waals surface area contributed by atoms with Gasteiger partial charge in [-0.15, -0.1) is 5.10 Å². The van der Waals surface area contributed by atoms with Gasteiger partial charge in [-0.3, -0.25) is 4.79 Å². The van der Waals surface area contributed by atoms with Crippen LogP contribution >= 0.6 is 0 Å². The monoisotopic (exact) mass is 258 g/mol. The van der Waals surface area contributed by atoms with E-state index in [4.69, 9.17) is 10.5 Å². The number of carbonyl (C=O) groups excluding carboxylic acids is 1. The highest BCUT2D eigenvalue weighted by atomic mass is 16.5. The molecule has 0 radical (unpaired) electrons. The van der Waals surface area contributed by atoms with Crippen molar-refractivity contribution in [1.29, 1.82) is 0 Å². The molecule has 19 heavy (non-hydrogen) atoms. The Morgan fingerprint density at radius 1 is 1.32 bits per heavy atom. The first kappa shape index (κ1) is 12.8. The molecule has 6 nitrogen and oxygen atoms in total. The number of aromatic nitrogens is 2. The number of rotatable bonds is 5. The summed E-state index contributed by atoms with van der Waals surface area (Å²) in [6.07, 6.45) is 1.77. The molecule has 3 N–H and O–H groups in total. The molecule has 0 unspecified atom stereocenters. The van der Waals surface area contributed by atoms with Crippen LogP contribution in [-0.2, 0) is 4.79 Å². The number of benzene rings is 1. The normalized spacial score (nSPS) is 9.89. The molecule has 1 aromatic carbocycles. The molecule has 0 aliphatic heterocycles. The van der Waals surface area contributed by atoms with Gasteiger partial charge in [0.25, 0.3) is 0 Å². The fourth-order valence-corrected chi connectivity index (χ4v) is 1.44. The average Bonchev–Trinajstić information content (AvgIpc) is 2.40. The lowest BCUT2D eigenvalue weighted by atomic mass is 10.3. The molecule has 6 heteroatoms. The van der Waals surface area contributed by atoms with Crippen molar-refractivity contribution in [3.63, 3.8) is 0 Å². The Morgan fingerprint density at radius 2 is 2.21 bits per heavy atom. The zero-order valence-corrected chi connectivity index (χ0v) is 10.2.